The molecule has 0 radical (unpaired) electrons. The van der Waals surface area contributed by atoms with Gasteiger partial charge in [0, 0.05) is 18.7 Å². The summed E-state index contributed by atoms with van der Waals surface area (Å²) in [5, 5.41) is 13.0. The van der Waals surface area contributed by atoms with E-state index in [-0.39, 0.29) is 24.1 Å². The third-order valence-electron chi connectivity index (χ3n) is 6.17. The fourth-order valence-electron chi connectivity index (χ4n) is 4.98. The van der Waals surface area contributed by atoms with Crippen molar-refractivity contribution in [1.82, 2.24) is 10.2 Å². The summed E-state index contributed by atoms with van der Waals surface area (Å²) < 4.78 is -1.15. The minimum absolute atomic E-state index is 0.0634. The number of halogens is 1. The van der Waals surface area contributed by atoms with Crippen molar-refractivity contribution < 1.29 is 19.5 Å². The molecule has 0 saturated carbocycles. The van der Waals surface area contributed by atoms with Crippen molar-refractivity contribution in [2.75, 3.05) is 5.88 Å². The molecule has 0 aromatic heterocycles. The number of rotatable bonds is 6. The average Bonchev–Trinajstić information content (AvgIpc) is 2.91. The minimum Gasteiger partial charge on any atom is -0.478 e. The van der Waals surface area contributed by atoms with Gasteiger partial charge in [0.25, 0.3) is 0 Å². The first-order valence-corrected chi connectivity index (χ1v) is 11.3. The highest BCUT2D eigenvalue weighted by Gasteiger charge is 2.79. The normalized spacial score (nSPS) is 29.4. The Labute approximate surface area is 190 Å². The number of alkyl halides is 1. The van der Waals surface area contributed by atoms with E-state index in [0.717, 1.165) is 11.1 Å². The van der Waals surface area contributed by atoms with Crippen molar-refractivity contribution in [3.05, 3.63) is 71.8 Å². The SMILES string of the molecule is CC(=O)NC1(C(=O)O)N2C(=O)C[C@@]2(C(c2ccccc2)c2ccccc2)SC1(C)CCl. The second-order valence-electron chi connectivity index (χ2n) is 8.17. The number of hydrogen-bond donors (Lipinski definition) is 2. The molecule has 3 atom stereocenters. The number of hydrogen-bond acceptors (Lipinski definition) is 4. The fraction of sp³-hybridized carbons (Fsp3) is 0.348. The summed E-state index contributed by atoms with van der Waals surface area (Å²) in [6.07, 6.45) is 0.146. The van der Waals surface area contributed by atoms with Gasteiger partial charge in [-0.05, 0) is 18.1 Å². The van der Waals surface area contributed by atoms with Crippen LogP contribution >= 0.6 is 23.4 Å². The van der Waals surface area contributed by atoms with E-state index >= 15 is 0 Å². The maximum absolute atomic E-state index is 13.0. The maximum atomic E-state index is 13.0. The van der Waals surface area contributed by atoms with Crippen LogP contribution < -0.4 is 5.32 Å². The third kappa shape index (κ3) is 2.97. The van der Waals surface area contributed by atoms with E-state index in [9.17, 15) is 19.5 Å². The van der Waals surface area contributed by atoms with Gasteiger partial charge >= 0.3 is 5.97 Å². The number of nitrogens with one attached hydrogen (secondary N) is 1. The lowest BCUT2D eigenvalue weighted by Crippen LogP contribution is -2.78. The van der Waals surface area contributed by atoms with E-state index in [0.29, 0.717) is 0 Å². The van der Waals surface area contributed by atoms with Crippen LogP contribution in [0, 0.1) is 0 Å². The maximum Gasteiger partial charge on any atom is 0.352 e. The first-order valence-electron chi connectivity index (χ1n) is 9.93. The number of β-lactam (4-membered cyclic amide) rings is 1. The highest BCUT2D eigenvalue weighted by atomic mass is 35.5. The number of carbonyl (C=O) groups is 3. The molecule has 0 spiro atoms. The Morgan fingerprint density at radius 1 is 1.13 bits per heavy atom. The molecule has 2 aromatic carbocycles. The lowest BCUT2D eigenvalue weighted by atomic mass is 9.75. The summed E-state index contributed by atoms with van der Waals surface area (Å²) in [5.41, 5.74) is -0.0400. The molecular weight excluding hydrogens is 436 g/mol. The third-order valence-corrected chi connectivity index (χ3v) is 8.67. The zero-order valence-electron chi connectivity index (χ0n) is 17.2. The predicted molar refractivity (Wildman–Crippen MR) is 120 cm³/mol. The van der Waals surface area contributed by atoms with Crippen molar-refractivity contribution in [2.45, 2.75) is 41.5 Å². The van der Waals surface area contributed by atoms with Crippen molar-refractivity contribution in [1.29, 1.82) is 0 Å². The van der Waals surface area contributed by atoms with Gasteiger partial charge in [0.05, 0.1) is 11.2 Å². The van der Waals surface area contributed by atoms with Crippen LogP contribution in [0.5, 0.6) is 0 Å². The standard InChI is InChI=1S/C23H23ClN2O4S/c1-15(27)25-23(20(29)30)21(2,14-24)31-22(13-18(28)26(22)23)19(16-9-5-3-6-10-16)17-11-7-4-8-12-17/h3-12,19H,13-14H2,1-2H3,(H,25,27)(H,29,30)/t21?,22-,23?/m0/s1. The summed E-state index contributed by atoms with van der Waals surface area (Å²) in [4.78, 5) is 38.4. The van der Waals surface area contributed by atoms with Crippen LogP contribution in [0.4, 0.5) is 0 Å². The molecular formula is C23H23ClN2O4S. The number of fused-ring (bicyclic) bond motifs is 1. The number of amides is 2. The second-order valence-corrected chi connectivity index (χ2v) is 10.2. The molecule has 2 amide bonds. The fourth-order valence-corrected chi connectivity index (χ4v) is 7.47. The molecule has 2 saturated heterocycles. The van der Waals surface area contributed by atoms with E-state index in [2.05, 4.69) is 5.32 Å². The predicted octanol–water partition coefficient (Wildman–Crippen LogP) is 3.41. The Bertz CT molecular complexity index is 997. The number of carboxylic acid groups (broad SMARTS) is 1. The topological polar surface area (TPSA) is 86.7 Å². The van der Waals surface area contributed by atoms with Gasteiger partial charge in [-0.1, -0.05) is 60.7 Å². The molecule has 2 aliphatic heterocycles. The first kappa shape index (κ1) is 21.7. The van der Waals surface area contributed by atoms with Gasteiger partial charge in [0.15, 0.2) is 0 Å². The summed E-state index contributed by atoms with van der Waals surface area (Å²) in [7, 11) is 0. The van der Waals surface area contributed by atoms with Crippen LogP contribution in [0.3, 0.4) is 0 Å². The van der Waals surface area contributed by atoms with Gasteiger partial charge in [0.1, 0.15) is 4.87 Å². The van der Waals surface area contributed by atoms with Crippen molar-refractivity contribution in [3.8, 4) is 0 Å². The molecule has 0 aliphatic carbocycles. The lowest BCUT2D eigenvalue weighted by Gasteiger charge is -2.55. The molecule has 8 heteroatoms. The second kappa shape index (κ2) is 7.57. The van der Waals surface area contributed by atoms with Crippen molar-refractivity contribution in [2.24, 2.45) is 0 Å². The number of nitrogens with zero attached hydrogens (tertiary/aromatic N) is 1. The summed E-state index contributed by atoms with van der Waals surface area (Å²) >= 11 is 7.72. The van der Waals surface area contributed by atoms with Gasteiger partial charge < -0.3 is 10.4 Å². The Balaban J connectivity index is 1.97. The molecule has 2 N–H and O–H groups in total. The molecule has 2 aromatic rings. The van der Waals surface area contributed by atoms with Gasteiger partial charge in [-0.2, -0.15) is 0 Å². The average molecular weight is 459 g/mol. The molecule has 2 unspecified atom stereocenters. The minimum atomic E-state index is -1.96. The van der Waals surface area contributed by atoms with Gasteiger partial charge in [-0.15, -0.1) is 23.4 Å². The van der Waals surface area contributed by atoms with E-state index in [1.54, 1.807) is 6.92 Å². The van der Waals surface area contributed by atoms with Crippen LogP contribution in [0.2, 0.25) is 0 Å². The van der Waals surface area contributed by atoms with Crippen LogP contribution in [0.25, 0.3) is 0 Å². The number of benzene rings is 2. The zero-order chi connectivity index (χ0) is 22.4. The molecule has 2 heterocycles. The Hall–Kier alpha value is -2.51. The highest BCUT2D eigenvalue weighted by molar-refractivity contribution is 8.02. The van der Waals surface area contributed by atoms with E-state index in [4.69, 9.17) is 11.6 Å². The molecule has 4 rings (SSSR count). The molecule has 0 bridgehead atoms. The van der Waals surface area contributed by atoms with Crippen LogP contribution in [-0.4, -0.2) is 49.0 Å². The summed E-state index contributed by atoms with van der Waals surface area (Å²) in [5.74, 6) is -2.53. The lowest BCUT2D eigenvalue weighted by molar-refractivity contribution is -0.180. The summed E-state index contributed by atoms with van der Waals surface area (Å²) in [6.45, 7) is 2.95. The van der Waals surface area contributed by atoms with Gasteiger partial charge in [-0.25, -0.2) is 4.79 Å². The highest BCUT2D eigenvalue weighted by Crippen LogP contribution is 2.68. The van der Waals surface area contributed by atoms with E-state index in [1.807, 2.05) is 60.7 Å². The van der Waals surface area contributed by atoms with Crippen molar-refractivity contribution in [3.63, 3.8) is 0 Å². The number of carboxylic acids is 1. The van der Waals surface area contributed by atoms with E-state index < -0.39 is 27.2 Å². The zero-order valence-corrected chi connectivity index (χ0v) is 18.7. The van der Waals surface area contributed by atoms with E-state index in [1.165, 1.54) is 23.6 Å². The Morgan fingerprint density at radius 2 is 1.65 bits per heavy atom. The van der Waals surface area contributed by atoms with Crippen LogP contribution in [-0.2, 0) is 14.4 Å². The van der Waals surface area contributed by atoms with Gasteiger partial charge in [0.2, 0.25) is 17.5 Å². The Morgan fingerprint density at radius 3 is 2.03 bits per heavy atom. The first-order chi connectivity index (χ1) is 14.7. The molecule has 162 valence electrons. The molecule has 2 fully saturated rings. The number of aliphatic carboxylic acids is 1. The van der Waals surface area contributed by atoms with Crippen LogP contribution in [0.15, 0.2) is 60.7 Å². The summed E-state index contributed by atoms with van der Waals surface area (Å²) in [6, 6.07) is 19.4. The molecule has 2 aliphatic rings. The largest absolute Gasteiger partial charge is 0.478 e. The number of carbonyl (C=O) groups excluding carboxylic acids is 2. The van der Waals surface area contributed by atoms with Crippen molar-refractivity contribution >= 4 is 41.1 Å². The smallest absolute Gasteiger partial charge is 0.352 e. The monoisotopic (exact) mass is 458 g/mol. The molecule has 31 heavy (non-hydrogen) atoms. The molecule has 6 nitrogen and oxygen atoms in total. The van der Waals surface area contributed by atoms with Gasteiger partial charge in [-0.3, -0.25) is 14.5 Å². The van der Waals surface area contributed by atoms with Crippen LogP contribution in [0.1, 0.15) is 37.3 Å². The Kier molecular flexibility index (Phi) is 5.30. The number of thioether (sulfide) groups is 1. The quantitative estimate of drug-likeness (QED) is 0.511.